The van der Waals surface area contributed by atoms with Gasteiger partial charge in [0.05, 0.1) is 10.3 Å². The highest BCUT2D eigenvalue weighted by Gasteiger charge is 2.15. The average molecular weight is 203 g/mol. The third-order valence-electron chi connectivity index (χ3n) is 1.94. The van der Waals surface area contributed by atoms with Gasteiger partial charge in [-0.2, -0.15) is 5.26 Å². The van der Waals surface area contributed by atoms with E-state index >= 15 is 0 Å². The van der Waals surface area contributed by atoms with Crippen molar-refractivity contribution in [3.63, 3.8) is 0 Å². The number of thiophene rings is 1. The molecule has 14 heavy (non-hydrogen) atoms. The predicted octanol–water partition coefficient (Wildman–Crippen LogP) is 0.453. The number of rotatable bonds is 1. The maximum atomic E-state index is 8.97. The third kappa shape index (κ3) is 1.40. The van der Waals surface area contributed by atoms with Crippen LogP contribution in [0.1, 0.15) is 5.56 Å². The lowest BCUT2D eigenvalue weighted by Gasteiger charge is -1.89. The first-order valence-electron chi connectivity index (χ1n) is 4.01. The van der Waals surface area contributed by atoms with Crippen molar-refractivity contribution in [2.24, 2.45) is 0 Å². The summed E-state index contributed by atoms with van der Waals surface area (Å²) in [6.45, 7) is 0. The van der Waals surface area contributed by atoms with E-state index < -0.39 is 7.12 Å². The number of fused-ring (bicyclic) bond motifs is 1. The van der Waals surface area contributed by atoms with Gasteiger partial charge in [-0.1, -0.05) is 12.1 Å². The zero-order valence-corrected chi connectivity index (χ0v) is 7.95. The molecule has 0 fully saturated rings. The Hall–Kier alpha value is -1.35. The second-order valence-corrected chi connectivity index (χ2v) is 3.94. The Kier molecular flexibility index (Phi) is 2.26. The SMILES string of the molecule is N#Cc1cccc2cc(B(O)O)sc12. The van der Waals surface area contributed by atoms with Crippen LogP contribution in [0.3, 0.4) is 0 Å². The van der Waals surface area contributed by atoms with Crippen LogP contribution in [0, 0.1) is 11.3 Å². The van der Waals surface area contributed by atoms with Crippen LogP contribution in [-0.2, 0) is 0 Å². The van der Waals surface area contributed by atoms with Gasteiger partial charge in [0.25, 0.3) is 0 Å². The van der Waals surface area contributed by atoms with Crippen molar-refractivity contribution in [3.8, 4) is 6.07 Å². The van der Waals surface area contributed by atoms with Crippen LogP contribution in [0.25, 0.3) is 10.1 Å². The van der Waals surface area contributed by atoms with Gasteiger partial charge in [-0.25, -0.2) is 0 Å². The lowest BCUT2D eigenvalue weighted by atomic mass is 9.89. The van der Waals surface area contributed by atoms with E-state index in [2.05, 4.69) is 6.07 Å². The number of hydrogen-bond donors (Lipinski definition) is 2. The Morgan fingerprint density at radius 3 is 2.79 bits per heavy atom. The maximum Gasteiger partial charge on any atom is 0.499 e. The second-order valence-electron chi connectivity index (χ2n) is 2.86. The molecular weight excluding hydrogens is 197 g/mol. The largest absolute Gasteiger partial charge is 0.499 e. The summed E-state index contributed by atoms with van der Waals surface area (Å²) in [5.41, 5.74) is 0.569. The zero-order valence-electron chi connectivity index (χ0n) is 7.14. The van der Waals surface area contributed by atoms with Gasteiger partial charge >= 0.3 is 7.12 Å². The highest BCUT2D eigenvalue weighted by atomic mass is 32.1. The van der Waals surface area contributed by atoms with Gasteiger partial charge in [-0.05, 0) is 17.5 Å². The normalized spacial score (nSPS) is 10.1. The van der Waals surface area contributed by atoms with E-state index in [1.807, 2.05) is 6.07 Å². The molecular formula is C9H6BNO2S. The van der Waals surface area contributed by atoms with Crippen molar-refractivity contribution in [3.05, 3.63) is 29.8 Å². The lowest BCUT2D eigenvalue weighted by molar-refractivity contribution is 0.427. The topological polar surface area (TPSA) is 64.2 Å². The maximum absolute atomic E-state index is 8.97. The van der Waals surface area contributed by atoms with Crippen molar-refractivity contribution < 1.29 is 10.0 Å². The molecule has 0 saturated heterocycles. The summed E-state index contributed by atoms with van der Waals surface area (Å²) in [7, 11) is -1.46. The Morgan fingerprint density at radius 1 is 1.36 bits per heavy atom. The molecule has 2 aromatic rings. The van der Waals surface area contributed by atoms with Gasteiger partial charge in [0.15, 0.2) is 0 Å². The molecule has 2 rings (SSSR count). The molecule has 0 unspecified atom stereocenters. The minimum Gasteiger partial charge on any atom is -0.423 e. The molecule has 0 saturated carbocycles. The van der Waals surface area contributed by atoms with Gasteiger partial charge in [0.1, 0.15) is 6.07 Å². The van der Waals surface area contributed by atoms with Gasteiger partial charge in [-0.3, -0.25) is 0 Å². The van der Waals surface area contributed by atoms with Crippen LogP contribution in [-0.4, -0.2) is 17.2 Å². The van der Waals surface area contributed by atoms with Gasteiger partial charge < -0.3 is 10.0 Å². The Balaban J connectivity index is 2.72. The Bertz CT molecular complexity index is 515. The molecule has 0 amide bonds. The van der Waals surface area contributed by atoms with Crippen molar-refractivity contribution in [2.75, 3.05) is 0 Å². The summed E-state index contributed by atoms with van der Waals surface area (Å²) in [6.07, 6.45) is 0. The van der Waals surface area contributed by atoms with E-state index in [1.165, 1.54) is 11.3 Å². The van der Waals surface area contributed by atoms with Crippen LogP contribution in [0.4, 0.5) is 0 Å². The van der Waals surface area contributed by atoms with E-state index in [0.717, 1.165) is 10.1 Å². The molecule has 1 heterocycles. The minimum atomic E-state index is -1.46. The summed E-state index contributed by atoms with van der Waals surface area (Å²) in [5.74, 6) is 0. The van der Waals surface area contributed by atoms with Crippen molar-refractivity contribution in [1.29, 1.82) is 5.26 Å². The third-order valence-corrected chi connectivity index (χ3v) is 3.16. The highest BCUT2D eigenvalue weighted by molar-refractivity contribution is 7.28. The monoisotopic (exact) mass is 203 g/mol. The molecule has 0 bridgehead atoms. The summed E-state index contributed by atoms with van der Waals surface area (Å²) < 4.78 is 1.26. The molecule has 0 aliphatic rings. The van der Waals surface area contributed by atoms with Gasteiger partial charge in [0.2, 0.25) is 0 Å². The van der Waals surface area contributed by atoms with E-state index in [9.17, 15) is 0 Å². The molecule has 1 aromatic heterocycles. The summed E-state index contributed by atoms with van der Waals surface area (Å²) in [5, 5.41) is 27.6. The fraction of sp³-hybridized carbons (Fsp3) is 0. The summed E-state index contributed by atoms with van der Waals surface area (Å²) in [6, 6.07) is 9.09. The molecule has 5 heteroatoms. The molecule has 0 spiro atoms. The zero-order chi connectivity index (χ0) is 10.1. The highest BCUT2D eigenvalue weighted by Crippen LogP contribution is 2.22. The van der Waals surface area contributed by atoms with Gasteiger partial charge in [0, 0.05) is 4.78 Å². The van der Waals surface area contributed by atoms with Crippen LogP contribution >= 0.6 is 11.3 Å². The van der Waals surface area contributed by atoms with Gasteiger partial charge in [-0.15, -0.1) is 11.3 Å². The van der Waals surface area contributed by atoms with E-state index in [-0.39, 0.29) is 0 Å². The van der Waals surface area contributed by atoms with Crippen LogP contribution in [0.2, 0.25) is 0 Å². The van der Waals surface area contributed by atoms with E-state index in [4.69, 9.17) is 15.3 Å². The van der Waals surface area contributed by atoms with Crippen molar-refractivity contribution in [2.45, 2.75) is 0 Å². The molecule has 1 aromatic carbocycles. The average Bonchev–Trinajstić information content (AvgIpc) is 2.60. The lowest BCUT2D eigenvalue weighted by Crippen LogP contribution is -2.26. The molecule has 0 atom stereocenters. The molecule has 0 aliphatic heterocycles. The smallest absolute Gasteiger partial charge is 0.423 e. The van der Waals surface area contributed by atoms with Crippen LogP contribution in [0.5, 0.6) is 0 Å². The molecule has 68 valence electrons. The first kappa shape index (κ1) is 9.22. The standard InChI is InChI=1S/C9H6BNO2S/c11-5-7-3-1-2-6-4-8(10(12)13)14-9(6)7/h1-4,12-13H. The van der Waals surface area contributed by atoms with Crippen molar-refractivity contribution >= 4 is 33.3 Å². The van der Waals surface area contributed by atoms with Crippen LogP contribution in [0.15, 0.2) is 24.3 Å². The van der Waals surface area contributed by atoms with Crippen molar-refractivity contribution in [1.82, 2.24) is 0 Å². The second kappa shape index (κ2) is 3.43. The molecule has 0 aliphatic carbocycles. The van der Waals surface area contributed by atoms with E-state index in [0.29, 0.717) is 10.3 Å². The number of nitriles is 1. The number of benzene rings is 1. The molecule has 2 N–H and O–H groups in total. The quantitative estimate of drug-likeness (QED) is 0.661. The first-order chi connectivity index (χ1) is 6.72. The minimum absolute atomic E-state index is 0.461. The summed E-state index contributed by atoms with van der Waals surface area (Å²) >= 11 is 1.23. The predicted molar refractivity (Wildman–Crippen MR) is 56.4 cm³/mol. The Morgan fingerprint density at radius 2 is 2.14 bits per heavy atom. The summed E-state index contributed by atoms with van der Waals surface area (Å²) in [4.78, 5) is 0. The first-order valence-corrected chi connectivity index (χ1v) is 4.82. The Labute approximate surface area is 85.0 Å². The number of hydrogen-bond acceptors (Lipinski definition) is 4. The fourth-order valence-corrected chi connectivity index (χ4v) is 2.29. The fourth-order valence-electron chi connectivity index (χ4n) is 1.30. The van der Waals surface area contributed by atoms with E-state index in [1.54, 1.807) is 18.2 Å². The number of nitrogens with zero attached hydrogens (tertiary/aromatic N) is 1. The molecule has 3 nitrogen and oxygen atoms in total. The van der Waals surface area contributed by atoms with Crippen LogP contribution < -0.4 is 4.78 Å². The molecule has 0 radical (unpaired) electrons.